The van der Waals surface area contributed by atoms with Gasteiger partial charge in [0.05, 0.1) is 20.3 Å². The van der Waals surface area contributed by atoms with Crippen LogP contribution in [-0.2, 0) is 10.0 Å². The first-order valence-electron chi connectivity index (χ1n) is 12.5. The first-order valence-corrected chi connectivity index (χ1v) is 14.0. The highest BCUT2D eigenvalue weighted by atomic mass is 32.2. The molecular weight excluding hydrogens is 504 g/mol. The summed E-state index contributed by atoms with van der Waals surface area (Å²) in [5.41, 5.74) is 2.09. The number of rotatable bonds is 7. The van der Waals surface area contributed by atoms with Gasteiger partial charge in [-0.25, -0.2) is 8.42 Å². The number of ether oxygens (including phenoxy) is 2. The van der Waals surface area contributed by atoms with Crippen LogP contribution in [0.25, 0.3) is 11.1 Å². The summed E-state index contributed by atoms with van der Waals surface area (Å²) in [5.74, 6) is 0.406. The zero-order valence-electron chi connectivity index (χ0n) is 22.1. The van der Waals surface area contributed by atoms with Crippen molar-refractivity contribution in [3.8, 4) is 22.6 Å². The van der Waals surface area contributed by atoms with Crippen molar-refractivity contribution in [1.82, 2.24) is 9.21 Å². The van der Waals surface area contributed by atoms with Gasteiger partial charge < -0.3 is 19.5 Å². The number of hydrogen-bond donors (Lipinski definition) is 1. The molecule has 202 valence electrons. The predicted molar refractivity (Wildman–Crippen MR) is 146 cm³/mol. The first-order chi connectivity index (χ1) is 18.2. The number of likely N-dealkylation sites (N-methyl/N-ethyl adjacent to an activating group) is 1. The van der Waals surface area contributed by atoms with E-state index in [1.165, 1.54) is 10.4 Å². The molecule has 0 fully saturated rings. The fraction of sp³-hybridized carbons (Fsp3) is 0.345. The summed E-state index contributed by atoms with van der Waals surface area (Å²) in [6.45, 7) is 3.63. The molecular formula is C29H34N2O6S. The van der Waals surface area contributed by atoms with Gasteiger partial charge in [0.1, 0.15) is 22.5 Å². The molecule has 3 aromatic rings. The van der Waals surface area contributed by atoms with E-state index < -0.39 is 22.2 Å². The van der Waals surface area contributed by atoms with Crippen molar-refractivity contribution >= 4 is 15.9 Å². The van der Waals surface area contributed by atoms with Crippen LogP contribution >= 0.6 is 0 Å². The fourth-order valence-electron chi connectivity index (χ4n) is 4.65. The van der Waals surface area contributed by atoms with Crippen LogP contribution in [0.5, 0.6) is 11.5 Å². The second kappa shape index (κ2) is 11.6. The van der Waals surface area contributed by atoms with E-state index in [-0.39, 0.29) is 42.2 Å². The molecule has 1 amide bonds. The summed E-state index contributed by atoms with van der Waals surface area (Å²) >= 11 is 0. The molecule has 0 saturated carbocycles. The van der Waals surface area contributed by atoms with Crippen LogP contribution in [0.4, 0.5) is 0 Å². The molecule has 0 spiro atoms. The molecule has 38 heavy (non-hydrogen) atoms. The molecule has 0 aromatic heterocycles. The van der Waals surface area contributed by atoms with Gasteiger partial charge in [0.2, 0.25) is 10.0 Å². The second-order valence-electron chi connectivity index (χ2n) is 9.65. The van der Waals surface area contributed by atoms with Crippen molar-refractivity contribution in [1.29, 1.82) is 0 Å². The molecule has 9 heteroatoms. The molecule has 0 aliphatic carbocycles. The Morgan fingerprint density at radius 2 is 1.82 bits per heavy atom. The lowest BCUT2D eigenvalue weighted by Gasteiger charge is -2.37. The number of nitrogens with zero attached hydrogens (tertiary/aromatic N) is 2. The highest BCUT2D eigenvalue weighted by Crippen LogP contribution is 2.38. The Kier molecular flexibility index (Phi) is 8.40. The van der Waals surface area contributed by atoms with E-state index in [0.717, 1.165) is 11.1 Å². The Hall–Kier alpha value is -3.40. The molecule has 1 N–H and O–H groups in total. The number of fused-ring (bicyclic) bond motifs is 1. The summed E-state index contributed by atoms with van der Waals surface area (Å²) in [4.78, 5) is 14.7. The highest BCUT2D eigenvalue weighted by Gasteiger charge is 2.38. The van der Waals surface area contributed by atoms with E-state index in [1.807, 2.05) is 49.4 Å². The van der Waals surface area contributed by atoms with Gasteiger partial charge in [-0.05, 0) is 42.8 Å². The minimum Gasteiger partial charge on any atom is -0.496 e. The summed E-state index contributed by atoms with van der Waals surface area (Å²) < 4.78 is 40.8. The number of carbonyl (C=O) groups excluding carboxylic acids is 1. The topological polar surface area (TPSA) is 96.4 Å². The average molecular weight is 539 g/mol. The molecule has 1 aliphatic rings. The monoisotopic (exact) mass is 538 g/mol. The Bertz CT molecular complexity index is 1380. The zero-order valence-corrected chi connectivity index (χ0v) is 22.9. The SMILES string of the molecule is COc1ccccc1-c1ccc2c(c1)O[C@H](CN(C)C(=O)c1ccccc1)[C@H](C)CN([C@H](C)CO)S2(=O)=O. The third kappa shape index (κ3) is 5.55. The fourth-order valence-corrected chi connectivity index (χ4v) is 6.47. The summed E-state index contributed by atoms with van der Waals surface area (Å²) in [6.07, 6.45) is -0.511. The van der Waals surface area contributed by atoms with Crippen molar-refractivity contribution < 1.29 is 27.8 Å². The number of para-hydroxylation sites is 1. The minimum atomic E-state index is -3.98. The third-order valence-electron chi connectivity index (χ3n) is 6.91. The van der Waals surface area contributed by atoms with Gasteiger partial charge in [0.15, 0.2) is 0 Å². The third-order valence-corrected chi connectivity index (χ3v) is 8.93. The Morgan fingerprint density at radius 3 is 2.50 bits per heavy atom. The van der Waals surface area contributed by atoms with Gasteiger partial charge in [0.25, 0.3) is 5.91 Å². The quantitative estimate of drug-likeness (QED) is 0.490. The van der Waals surface area contributed by atoms with Gasteiger partial charge >= 0.3 is 0 Å². The van der Waals surface area contributed by atoms with E-state index in [2.05, 4.69) is 0 Å². The summed E-state index contributed by atoms with van der Waals surface area (Å²) in [7, 11) is -0.684. The lowest BCUT2D eigenvalue weighted by Crippen LogP contribution is -2.50. The van der Waals surface area contributed by atoms with Crippen molar-refractivity contribution in [2.24, 2.45) is 5.92 Å². The van der Waals surface area contributed by atoms with Crippen molar-refractivity contribution in [2.45, 2.75) is 30.9 Å². The van der Waals surface area contributed by atoms with Crippen LogP contribution in [0.2, 0.25) is 0 Å². The molecule has 0 saturated heterocycles. The van der Waals surface area contributed by atoms with Crippen molar-refractivity contribution in [3.63, 3.8) is 0 Å². The number of hydrogen-bond acceptors (Lipinski definition) is 6. The van der Waals surface area contributed by atoms with Gasteiger partial charge in [-0.2, -0.15) is 4.31 Å². The molecule has 1 aliphatic heterocycles. The van der Waals surface area contributed by atoms with Crippen LogP contribution < -0.4 is 9.47 Å². The number of sulfonamides is 1. The molecule has 0 radical (unpaired) electrons. The van der Waals surface area contributed by atoms with Crippen LogP contribution in [0.15, 0.2) is 77.7 Å². The Balaban J connectivity index is 1.77. The van der Waals surface area contributed by atoms with E-state index >= 15 is 0 Å². The number of amides is 1. The second-order valence-corrected chi connectivity index (χ2v) is 11.5. The van der Waals surface area contributed by atoms with Gasteiger partial charge in [-0.1, -0.05) is 49.4 Å². The highest BCUT2D eigenvalue weighted by molar-refractivity contribution is 7.89. The largest absolute Gasteiger partial charge is 0.496 e. The van der Waals surface area contributed by atoms with Crippen LogP contribution in [0, 0.1) is 5.92 Å². The average Bonchev–Trinajstić information content (AvgIpc) is 2.94. The normalized spacial score (nSPS) is 19.8. The number of benzene rings is 3. The summed E-state index contributed by atoms with van der Waals surface area (Å²) in [6, 6.07) is 20.8. The maximum absolute atomic E-state index is 13.8. The van der Waals surface area contributed by atoms with E-state index in [4.69, 9.17) is 9.47 Å². The van der Waals surface area contributed by atoms with Gasteiger partial charge in [0, 0.05) is 36.7 Å². The first kappa shape index (κ1) is 27.6. The molecule has 0 unspecified atom stereocenters. The molecule has 0 bridgehead atoms. The lowest BCUT2D eigenvalue weighted by atomic mass is 10.0. The lowest BCUT2D eigenvalue weighted by molar-refractivity contribution is 0.0564. The molecule has 4 rings (SSSR count). The molecule has 3 atom stereocenters. The van der Waals surface area contributed by atoms with Gasteiger partial charge in [-0.15, -0.1) is 0 Å². The van der Waals surface area contributed by atoms with E-state index in [1.54, 1.807) is 50.2 Å². The number of aliphatic hydroxyl groups excluding tert-OH is 1. The van der Waals surface area contributed by atoms with Crippen molar-refractivity contribution in [3.05, 3.63) is 78.4 Å². The Morgan fingerprint density at radius 1 is 1.13 bits per heavy atom. The Labute approximate surface area is 224 Å². The smallest absolute Gasteiger partial charge is 0.253 e. The molecule has 1 heterocycles. The van der Waals surface area contributed by atoms with E-state index in [9.17, 15) is 18.3 Å². The zero-order chi connectivity index (χ0) is 27.4. The number of aliphatic hydroxyl groups is 1. The summed E-state index contributed by atoms with van der Waals surface area (Å²) in [5, 5.41) is 9.87. The number of methoxy groups -OCH3 is 1. The van der Waals surface area contributed by atoms with Crippen LogP contribution in [0.1, 0.15) is 24.2 Å². The maximum atomic E-state index is 13.8. The van der Waals surface area contributed by atoms with Crippen LogP contribution in [0.3, 0.4) is 0 Å². The van der Waals surface area contributed by atoms with Crippen LogP contribution in [-0.4, -0.2) is 74.6 Å². The maximum Gasteiger partial charge on any atom is 0.253 e. The van der Waals surface area contributed by atoms with Crippen molar-refractivity contribution in [2.75, 3.05) is 33.9 Å². The predicted octanol–water partition coefficient (Wildman–Crippen LogP) is 3.90. The minimum absolute atomic E-state index is 0.0189. The standard InChI is InChI=1S/C29H34N2O6S/c1-20-17-31(21(2)19-32)38(34,35)28-15-14-23(24-12-8-9-13-25(24)36-4)16-26(28)37-27(20)18-30(3)29(33)22-10-6-5-7-11-22/h5-16,20-21,27,32H,17-19H2,1-4H3/t20-,21-,27-/m1/s1. The number of carbonyl (C=O) groups is 1. The molecule has 8 nitrogen and oxygen atoms in total. The van der Waals surface area contributed by atoms with E-state index in [0.29, 0.717) is 11.3 Å². The van der Waals surface area contributed by atoms with Gasteiger partial charge in [-0.3, -0.25) is 4.79 Å². The molecule has 3 aromatic carbocycles.